The SMILES string of the molecule is CC(C)(CNC(=O)[C@@H]1CCCN(c2cnccn2)C1)N1CCOCC1. The molecule has 2 saturated heterocycles. The van der Waals surface area contributed by atoms with E-state index in [9.17, 15) is 4.79 Å². The quantitative estimate of drug-likeness (QED) is 0.854. The Morgan fingerprint density at radius 1 is 1.32 bits per heavy atom. The Morgan fingerprint density at radius 3 is 2.84 bits per heavy atom. The van der Waals surface area contributed by atoms with Gasteiger partial charge in [-0.05, 0) is 26.7 Å². The number of piperidine rings is 1. The standard InChI is InChI=1S/C18H29N5O2/c1-18(2,23-8-10-25-11-9-23)14-21-17(24)15-4-3-7-22(13-15)16-12-19-5-6-20-16/h5-6,12,15H,3-4,7-11,13-14H2,1-2H3,(H,21,24)/t15-/m1/s1. The van der Waals surface area contributed by atoms with E-state index in [1.165, 1.54) is 0 Å². The number of amides is 1. The van der Waals surface area contributed by atoms with E-state index in [0.717, 1.165) is 51.5 Å². The monoisotopic (exact) mass is 347 g/mol. The van der Waals surface area contributed by atoms with E-state index in [1.54, 1.807) is 18.6 Å². The molecular formula is C18H29N5O2. The first-order chi connectivity index (χ1) is 12.1. The van der Waals surface area contributed by atoms with E-state index in [-0.39, 0.29) is 17.4 Å². The summed E-state index contributed by atoms with van der Waals surface area (Å²) in [6.07, 6.45) is 7.07. The van der Waals surface area contributed by atoms with Crippen LogP contribution in [0, 0.1) is 5.92 Å². The van der Waals surface area contributed by atoms with Gasteiger partial charge in [0.2, 0.25) is 5.91 Å². The zero-order valence-corrected chi connectivity index (χ0v) is 15.3. The van der Waals surface area contributed by atoms with Crippen molar-refractivity contribution >= 4 is 11.7 Å². The lowest BCUT2D eigenvalue weighted by molar-refractivity contribution is -0.126. The van der Waals surface area contributed by atoms with Crippen LogP contribution in [0.3, 0.4) is 0 Å². The summed E-state index contributed by atoms with van der Waals surface area (Å²) in [5.41, 5.74) is -0.0568. The summed E-state index contributed by atoms with van der Waals surface area (Å²) < 4.78 is 5.42. The molecule has 1 aromatic rings. The van der Waals surface area contributed by atoms with Crippen LogP contribution >= 0.6 is 0 Å². The van der Waals surface area contributed by atoms with Gasteiger partial charge in [0.25, 0.3) is 0 Å². The van der Waals surface area contributed by atoms with Gasteiger partial charge in [0.15, 0.2) is 0 Å². The van der Waals surface area contributed by atoms with Crippen molar-refractivity contribution in [1.29, 1.82) is 0 Å². The largest absolute Gasteiger partial charge is 0.379 e. The second kappa shape index (κ2) is 8.10. The van der Waals surface area contributed by atoms with E-state index in [4.69, 9.17) is 4.74 Å². The smallest absolute Gasteiger partial charge is 0.224 e. The Labute approximate surface area is 149 Å². The predicted molar refractivity (Wildman–Crippen MR) is 96.4 cm³/mol. The molecule has 1 amide bonds. The Kier molecular flexibility index (Phi) is 5.86. The second-order valence-electron chi connectivity index (χ2n) is 7.48. The molecule has 7 nitrogen and oxygen atoms in total. The highest BCUT2D eigenvalue weighted by Crippen LogP contribution is 2.21. The second-order valence-corrected chi connectivity index (χ2v) is 7.48. The van der Waals surface area contributed by atoms with Crippen LogP contribution < -0.4 is 10.2 Å². The Bertz CT molecular complexity index is 560. The molecule has 0 unspecified atom stereocenters. The van der Waals surface area contributed by atoms with Crippen LogP contribution in [0.25, 0.3) is 0 Å². The number of anilines is 1. The lowest BCUT2D eigenvalue weighted by atomic mass is 9.96. The molecule has 0 bridgehead atoms. The van der Waals surface area contributed by atoms with E-state index < -0.39 is 0 Å². The molecule has 0 saturated carbocycles. The number of hydrogen-bond acceptors (Lipinski definition) is 6. The van der Waals surface area contributed by atoms with Crippen molar-refractivity contribution < 1.29 is 9.53 Å². The van der Waals surface area contributed by atoms with E-state index >= 15 is 0 Å². The van der Waals surface area contributed by atoms with E-state index in [2.05, 4.69) is 38.9 Å². The van der Waals surface area contributed by atoms with Crippen LogP contribution in [0.2, 0.25) is 0 Å². The maximum atomic E-state index is 12.7. The molecule has 2 fully saturated rings. The summed E-state index contributed by atoms with van der Waals surface area (Å²) in [7, 11) is 0. The number of ether oxygens (including phenoxy) is 1. The lowest BCUT2D eigenvalue weighted by Gasteiger charge is -2.41. The fourth-order valence-electron chi connectivity index (χ4n) is 3.58. The third-order valence-electron chi connectivity index (χ3n) is 5.23. The van der Waals surface area contributed by atoms with Crippen LogP contribution in [-0.4, -0.2) is 72.3 Å². The number of carbonyl (C=O) groups excluding carboxylic acids is 1. The lowest BCUT2D eigenvalue weighted by Crippen LogP contribution is -2.56. The van der Waals surface area contributed by atoms with Crippen LogP contribution in [-0.2, 0) is 9.53 Å². The topological polar surface area (TPSA) is 70.6 Å². The first-order valence-electron chi connectivity index (χ1n) is 9.18. The van der Waals surface area contributed by atoms with Gasteiger partial charge >= 0.3 is 0 Å². The number of hydrogen-bond donors (Lipinski definition) is 1. The van der Waals surface area contributed by atoms with Gasteiger partial charge in [-0.25, -0.2) is 4.98 Å². The van der Waals surface area contributed by atoms with Crippen molar-refractivity contribution in [3.05, 3.63) is 18.6 Å². The van der Waals surface area contributed by atoms with Crippen LogP contribution in [0.5, 0.6) is 0 Å². The van der Waals surface area contributed by atoms with Gasteiger partial charge in [-0.1, -0.05) is 0 Å². The minimum Gasteiger partial charge on any atom is -0.379 e. The van der Waals surface area contributed by atoms with Gasteiger partial charge < -0.3 is 15.0 Å². The minimum atomic E-state index is -0.0568. The number of morpholine rings is 1. The van der Waals surface area contributed by atoms with Crippen LogP contribution in [0.1, 0.15) is 26.7 Å². The zero-order valence-electron chi connectivity index (χ0n) is 15.3. The third kappa shape index (κ3) is 4.67. The Morgan fingerprint density at radius 2 is 2.12 bits per heavy atom. The van der Waals surface area contributed by atoms with Crippen molar-refractivity contribution in [3.8, 4) is 0 Å². The Hall–Kier alpha value is -1.73. The van der Waals surface area contributed by atoms with Gasteiger partial charge in [0, 0.05) is 50.7 Å². The maximum Gasteiger partial charge on any atom is 0.224 e. The van der Waals surface area contributed by atoms with Crippen molar-refractivity contribution in [3.63, 3.8) is 0 Å². The number of rotatable bonds is 5. The molecule has 0 aliphatic carbocycles. The third-order valence-corrected chi connectivity index (χ3v) is 5.23. The molecule has 138 valence electrons. The minimum absolute atomic E-state index is 0.0104. The van der Waals surface area contributed by atoms with Gasteiger partial charge in [0.05, 0.1) is 25.3 Å². The van der Waals surface area contributed by atoms with Gasteiger partial charge in [0.1, 0.15) is 5.82 Å². The molecule has 3 rings (SSSR count). The number of nitrogens with one attached hydrogen (secondary N) is 1. The van der Waals surface area contributed by atoms with E-state index in [0.29, 0.717) is 13.1 Å². The first-order valence-corrected chi connectivity index (χ1v) is 9.18. The summed E-state index contributed by atoms with van der Waals surface area (Å²) in [5, 5.41) is 3.18. The average molecular weight is 347 g/mol. The molecule has 1 aromatic heterocycles. The van der Waals surface area contributed by atoms with Crippen molar-refractivity contribution in [2.45, 2.75) is 32.2 Å². The molecule has 0 aromatic carbocycles. The average Bonchev–Trinajstić information content (AvgIpc) is 2.68. The number of aromatic nitrogens is 2. The molecule has 2 aliphatic heterocycles. The van der Waals surface area contributed by atoms with Crippen LogP contribution in [0.15, 0.2) is 18.6 Å². The van der Waals surface area contributed by atoms with Crippen molar-refractivity contribution in [2.24, 2.45) is 5.92 Å². The maximum absolute atomic E-state index is 12.7. The first kappa shape index (κ1) is 18.1. The summed E-state index contributed by atoms with van der Waals surface area (Å²) in [6, 6.07) is 0. The molecule has 1 atom stereocenters. The van der Waals surface area contributed by atoms with Crippen molar-refractivity contribution in [1.82, 2.24) is 20.2 Å². The molecule has 7 heteroatoms. The summed E-state index contributed by atoms with van der Waals surface area (Å²) >= 11 is 0. The number of nitrogens with zero attached hydrogens (tertiary/aromatic N) is 4. The molecular weight excluding hydrogens is 318 g/mol. The fraction of sp³-hybridized carbons (Fsp3) is 0.722. The predicted octanol–water partition coefficient (Wildman–Crippen LogP) is 0.920. The molecule has 2 aliphatic rings. The summed E-state index contributed by atoms with van der Waals surface area (Å²) in [5.74, 6) is 1.01. The molecule has 1 N–H and O–H groups in total. The van der Waals surface area contributed by atoms with Gasteiger partial charge in [-0.3, -0.25) is 14.7 Å². The van der Waals surface area contributed by atoms with E-state index in [1.807, 2.05) is 0 Å². The highest BCUT2D eigenvalue weighted by molar-refractivity contribution is 5.79. The fourth-order valence-corrected chi connectivity index (χ4v) is 3.58. The normalized spacial score (nSPS) is 22.6. The summed E-state index contributed by atoms with van der Waals surface area (Å²) in [6.45, 7) is 10.1. The number of carbonyl (C=O) groups is 1. The highest BCUT2D eigenvalue weighted by Gasteiger charge is 2.31. The molecule has 0 spiro atoms. The zero-order chi connectivity index (χ0) is 17.7. The Balaban J connectivity index is 1.52. The molecule has 0 radical (unpaired) electrons. The van der Waals surface area contributed by atoms with Gasteiger partial charge in [-0.2, -0.15) is 0 Å². The molecule has 3 heterocycles. The van der Waals surface area contributed by atoms with Crippen molar-refractivity contribution in [2.75, 3.05) is 50.8 Å². The highest BCUT2D eigenvalue weighted by atomic mass is 16.5. The molecule has 25 heavy (non-hydrogen) atoms. The van der Waals surface area contributed by atoms with Crippen LogP contribution in [0.4, 0.5) is 5.82 Å². The summed E-state index contributed by atoms with van der Waals surface area (Å²) in [4.78, 5) is 25.7. The van der Waals surface area contributed by atoms with Gasteiger partial charge in [-0.15, -0.1) is 0 Å².